The molecule has 1 amide bonds. The van der Waals surface area contributed by atoms with Gasteiger partial charge in [0.2, 0.25) is 5.91 Å². The SMILES string of the molecule is CC(=O)NCn1cc(-c2ccc(/C(C)=N/O)cc2)c(=O)o1. The van der Waals surface area contributed by atoms with Gasteiger partial charge in [-0.25, -0.2) is 4.79 Å². The Morgan fingerprint density at radius 2 is 2.00 bits per heavy atom. The summed E-state index contributed by atoms with van der Waals surface area (Å²) in [7, 11) is 0. The van der Waals surface area contributed by atoms with Gasteiger partial charge in [-0.05, 0) is 18.1 Å². The maximum atomic E-state index is 11.8. The van der Waals surface area contributed by atoms with Crippen LogP contribution < -0.4 is 10.9 Å². The van der Waals surface area contributed by atoms with E-state index in [1.807, 2.05) is 0 Å². The molecule has 0 aliphatic rings. The zero-order chi connectivity index (χ0) is 15.4. The van der Waals surface area contributed by atoms with E-state index in [0.29, 0.717) is 16.8 Å². The van der Waals surface area contributed by atoms with Crippen LogP contribution in [-0.2, 0) is 11.5 Å². The van der Waals surface area contributed by atoms with Crippen LogP contribution in [0, 0.1) is 0 Å². The summed E-state index contributed by atoms with van der Waals surface area (Å²) >= 11 is 0. The number of hydrogen-bond donors (Lipinski definition) is 2. The van der Waals surface area contributed by atoms with Crippen molar-refractivity contribution in [3.63, 3.8) is 0 Å². The van der Waals surface area contributed by atoms with Gasteiger partial charge < -0.3 is 15.0 Å². The second-order valence-corrected chi connectivity index (χ2v) is 4.49. The van der Waals surface area contributed by atoms with Crippen LogP contribution in [0.25, 0.3) is 11.1 Å². The van der Waals surface area contributed by atoms with Crippen molar-refractivity contribution in [2.24, 2.45) is 5.16 Å². The highest BCUT2D eigenvalue weighted by molar-refractivity contribution is 5.98. The summed E-state index contributed by atoms with van der Waals surface area (Å²) in [6, 6.07) is 6.96. The average Bonchev–Trinajstić information content (AvgIpc) is 2.85. The summed E-state index contributed by atoms with van der Waals surface area (Å²) in [5, 5.41) is 14.4. The van der Waals surface area contributed by atoms with Crippen LogP contribution in [-0.4, -0.2) is 21.6 Å². The lowest BCUT2D eigenvalue weighted by Gasteiger charge is -2.01. The Bertz CT molecular complexity index is 725. The van der Waals surface area contributed by atoms with Gasteiger partial charge in [0, 0.05) is 6.92 Å². The number of rotatable bonds is 4. The Kier molecular flexibility index (Phi) is 4.22. The Hall–Kier alpha value is -2.83. The molecule has 0 radical (unpaired) electrons. The van der Waals surface area contributed by atoms with Gasteiger partial charge in [-0.1, -0.05) is 29.4 Å². The first-order valence-electron chi connectivity index (χ1n) is 6.26. The monoisotopic (exact) mass is 289 g/mol. The molecule has 7 nitrogen and oxygen atoms in total. The summed E-state index contributed by atoms with van der Waals surface area (Å²) in [5.41, 5.74) is 1.83. The van der Waals surface area contributed by atoms with Gasteiger partial charge >= 0.3 is 5.63 Å². The molecule has 0 atom stereocenters. The van der Waals surface area contributed by atoms with Crippen LogP contribution in [0.3, 0.4) is 0 Å². The standard InChI is InChI=1S/C14H15N3O4/c1-9(16-20)11-3-5-12(6-4-11)13-7-17(21-14(13)19)8-15-10(2)18/h3-7,20H,8H2,1-2H3,(H,15,18)/b16-9+. The molecule has 1 heterocycles. The zero-order valence-electron chi connectivity index (χ0n) is 11.7. The maximum absolute atomic E-state index is 11.8. The van der Waals surface area contributed by atoms with Crippen molar-refractivity contribution in [2.75, 3.05) is 0 Å². The number of amides is 1. The van der Waals surface area contributed by atoms with Crippen molar-refractivity contribution in [1.82, 2.24) is 10.1 Å². The van der Waals surface area contributed by atoms with Gasteiger partial charge in [-0.15, -0.1) is 0 Å². The van der Waals surface area contributed by atoms with E-state index < -0.39 is 5.63 Å². The van der Waals surface area contributed by atoms with Crippen molar-refractivity contribution < 1.29 is 14.5 Å². The van der Waals surface area contributed by atoms with Crippen LogP contribution in [0.5, 0.6) is 0 Å². The molecule has 2 rings (SSSR count). The van der Waals surface area contributed by atoms with Crippen molar-refractivity contribution in [2.45, 2.75) is 20.5 Å². The third-order valence-electron chi connectivity index (χ3n) is 2.94. The van der Waals surface area contributed by atoms with Crippen LogP contribution in [0.4, 0.5) is 0 Å². The summed E-state index contributed by atoms with van der Waals surface area (Å²) in [5.74, 6) is -0.212. The first-order valence-corrected chi connectivity index (χ1v) is 6.26. The molecule has 0 fully saturated rings. The van der Waals surface area contributed by atoms with E-state index in [1.54, 1.807) is 31.2 Å². The van der Waals surface area contributed by atoms with Crippen molar-refractivity contribution in [3.05, 3.63) is 46.4 Å². The van der Waals surface area contributed by atoms with Gasteiger partial charge in [0.1, 0.15) is 6.67 Å². The minimum absolute atomic E-state index is 0.0962. The smallest absolute Gasteiger partial charge is 0.365 e. The topological polar surface area (TPSA) is 96.8 Å². The molecule has 21 heavy (non-hydrogen) atoms. The van der Waals surface area contributed by atoms with Gasteiger partial charge in [-0.2, -0.15) is 4.74 Å². The molecule has 0 aliphatic carbocycles. The van der Waals surface area contributed by atoms with Crippen LogP contribution in [0.15, 0.2) is 44.9 Å². The highest BCUT2D eigenvalue weighted by Crippen LogP contribution is 2.17. The fourth-order valence-electron chi connectivity index (χ4n) is 1.79. The minimum Gasteiger partial charge on any atom is -0.411 e. The third kappa shape index (κ3) is 3.38. The normalized spacial score (nSPS) is 11.4. The molecule has 2 N–H and O–H groups in total. The van der Waals surface area contributed by atoms with Gasteiger partial charge in [0.05, 0.1) is 17.5 Å². The zero-order valence-corrected chi connectivity index (χ0v) is 11.7. The Labute approximate surface area is 120 Å². The predicted molar refractivity (Wildman–Crippen MR) is 76.2 cm³/mol. The summed E-state index contributed by atoms with van der Waals surface area (Å²) < 4.78 is 6.26. The number of nitrogens with zero attached hydrogens (tertiary/aromatic N) is 2. The third-order valence-corrected chi connectivity index (χ3v) is 2.94. The minimum atomic E-state index is -0.486. The number of hydrogen-bond acceptors (Lipinski definition) is 5. The Morgan fingerprint density at radius 1 is 1.33 bits per heavy atom. The lowest BCUT2D eigenvalue weighted by atomic mass is 10.1. The van der Waals surface area contributed by atoms with Gasteiger partial charge in [0.25, 0.3) is 0 Å². The molecule has 0 unspecified atom stereocenters. The molecule has 0 bridgehead atoms. The lowest BCUT2D eigenvalue weighted by molar-refractivity contribution is -0.119. The molecular formula is C14H15N3O4. The number of carbonyl (C=O) groups is 1. The van der Waals surface area contributed by atoms with Crippen LogP contribution >= 0.6 is 0 Å². The van der Waals surface area contributed by atoms with E-state index in [0.717, 1.165) is 5.56 Å². The van der Waals surface area contributed by atoms with E-state index in [4.69, 9.17) is 9.73 Å². The molecule has 1 aromatic carbocycles. The van der Waals surface area contributed by atoms with Crippen molar-refractivity contribution in [1.29, 1.82) is 0 Å². The molecule has 110 valence electrons. The number of benzene rings is 1. The highest BCUT2D eigenvalue weighted by atomic mass is 16.5. The quantitative estimate of drug-likeness (QED) is 0.505. The Morgan fingerprint density at radius 3 is 2.57 bits per heavy atom. The molecule has 2 aromatic rings. The number of aromatic nitrogens is 1. The molecule has 0 saturated carbocycles. The second-order valence-electron chi connectivity index (χ2n) is 4.49. The second kappa shape index (κ2) is 6.08. The fourth-order valence-corrected chi connectivity index (χ4v) is 1.79. The van der Waals surface area contributed by atoms with Gasteiger partial charge in [-0.3, -0.25) is 4.79 Å². The molecule has 0 spiro atoms. The first kappa shape index (κ1) is 14.6. The number of carbonyl (C=O) groups excluding carboxylic acids is 1. The maximum Gasteiger partial charge on any atom is 0.365 e. The molecule has 0 saturated heterocycles. The van der Waals surface area contributed by atoms with Crippen LogP contribution in [0.1, 0.15) is 19.4 Å². The van der Waals surface area contributed by atoms with Crippen LogP contribution in [0.2, 0.25) is 0 Å². The van der Waals surface area contributed by atoms with Crippen molar-refractivity contribution in [3.8, 4) is 11.1 Å². The number of oxime groups is 1. The number of nitrogens with one attached hydrogen (secondary N) is 1. The highest BCUT2D eigenvalue weighted by Gasteiger charge is 2.10. The predicted octanol–water partition coefficient (Wildman–Crippen LogP) is 1.40. The largest absolute Gasteiger partial charge is 0.411 e. The lowest BCUT2D eigenvalue weighted by Crippen LogP contribution is -2.22. The Balaban J connectivity index is 2.26. The van der Waals surface area contributed by atoms with E-state index in [1.165, 1.54) is 17.9 Å². The molecule has 0 aliphatic heterocycles. The molecule has 7 heteroatoms. The van der Waals surface area contributed by atoms with E-state index in [9.17, 15) is 9.59 Å². The summed E-state index contributed by atoms with van der Waals surface area (Å²) in [4.78, 5) is 22.6. The fraction of sp³-hybridized carbons (Fsp3) is 0.214. The molecule has 1 aromatic heterocycles. The first-order chi connectivity index (χ1) is 10.0. The molecular weight excluding hydrogens is 274 g/mol. The summed E-state index contributed by atoms with van der Waals surface area (Å²) in [6.45, 7) is 3.15. The average molecular weight is 289 g/mol. The van der Waals surface area contributed by atoms with E-state index in [2.05, 4.69) is 10.5 Å². The van der Waals surface area contributed by atoms with Crippen molar-refractivity contribution >= 4 is 11.6 Å². The summed E-state index contributed by atoms with van der Waals surface area (Å²) in [6.07, 6.45) is 1.53. The van der Waals surface area contributed by atoms with Gasteiger partial charge in [0.15, 0.2) is 0 Å². The van der Waals surface area contributed by atoms with E-state index >= 15 is 0 Å². The van der Waals surface area contributed by atoms with E-state index in [-0.39, 0.29) is 12.6 Å².